The Morgan fingerprint density at radius 3 is 2.44 bits per heavy atom. The van der Waals surface area contributed by atoms with E-state index in [1.54, 1.807) is 0 Å². The van der Waals surface area contributed by atoms with Crippen molar-refractivity contribution in [2.24, 2.45) is 0 Å². The minimum atomic E-state index is -0.598. The predicted molar refractivity (Wildman–Crippen MR) is 68.5 cm³/mol. The molecule has 0 aliphatic rings. The quantitative estimate of drug-likeness (QED) is 0.693. The summed E-state index contributed by atoms with van der Waals surface area (Å²) >= 11 is 0. The fraction of sp³-hybridized carbons (Fsp3) is 0.571. The highest BCUT2D eigenvalue weighted by Gasteiger charge is 2.10. The van der Waals surface area contributed by atoms with Crippen molar-refractivity contribution in [1.29, 1.82) is 0 Å². The first-order chi connectivity index (χ1) is 7.58. The Morgan fingerprint density at radius 1 is 1.12 bits per heavy atom. The van der Waals surface area contributed by atoms with Crippen LogP contribution in [0.1, 0.15) is 32.3 Å². The molecule has 0 amide bonds. The summed E-state index contributed by atoms with van der Waals surface area (Å²) in [5.41, 5.74) is 0.810. The molecule has 0 spiro atoms. The molecule has 2 N–H and O–H groups in total. The van der Waals surface area contributed by atoms with E-state index in [9.17, 15) is 5.11 Å². The van der Waals surface area contributed by atoms with Crippen molar-refractivity contribution in [3.8, 4) is 0 Å². The third-order valence-electron chi connectivity index (χ3n) is 2.47. The summed E-state index contributed by atoms with van der Waals surface area (Å²) in [6.07, 6.45) is 3.50. The normalized spacial score (nSPS) is 11.7. The number of benzene rings is 1. The number of aryl methyl sites for hydroxylation is 1. The van der Waals surface area contributed by atoms with Crippen LogP contribution in [-0.2, 0) is 6.42 Å². The smallest absolute Gasteiger partial charge is 0.0715 e. The van der Waals surface area contributed by atoms with Crippen molar-refractivity contribution in [2.75, 3.05) is 13.1 Å². The molecule has 0 atom stereocenters. The average Bonchev–Trinajstić information content (AvgIpc) is 2.23. The van der Waals surface area contributed by atoms with Crippen LogP contribution in [0.2, 0.25) is 0 Å². The van der Waals surface area contributed by atoms with E-state index >= 15 is 0 Å². The lowest BCUT2D eigenvalue weighted by atomic mass is 10.1. The molecule has 1 aromatic rings. The van der Waals surface area contributed by atoms with Crippen LogP contribution in [-0.4, -0.2) is 23.8 Å². The second kappa shape index (κ2) is 6.66. The second-order valence-corrected chi connectivity index (χ2v) is 4.93. The molecular weight excluding hydrogens is 198 g/mol. The third kappa shape index (κ3) is 6.59. The molecular formula is C14H23NO. The Kier molecular flexibility index (Phi) is 5.50. The Bertz CT molecular complexity index is 277. The zero-order valence-corrected chi connectivity index (χ0v) is 10.4. The maximum Gasteiger partial charge on any atom is 0.0715 e. The number of hydrogen-bond acceptors (Lipinski definition) is 2. The van der Waals surface area contributed by atoms with E-state index in [1.807, 2.05) is 19.9 Å². The first-order valence-electron chi connectivity index (χ1n) is 6.05. The van der Waals surface area contributed by atoms with Gasteiger partial charge in [-0.15, -0.1) is 0 Å². The Hall–Kier alpha value is -0.860. The second-order valence-electron chi connectivity index (χ2n) is 4.93. The standard InChI is InChI=1S/C14H23NO/c1-14(2,16)12-15-11-7-6-10-13-8-4-3-5-9-13/h3-5,8-9,15-16H,6-7,10-12H2,1-2H3. The van der Waals surface area contributed by atoms with E-state index in [0.717, 1.165) is 19.4 Å². The molecule has 2 nitrogen and oxygen atoms in total. The van der Waals surface area contributed by atoms with E-state index in [1.165, 1.54) is 12.0 Å². The zero-order chi connectivity index (χ0) is 11.9. The number of nitrogens with one attached hydrogen (secondary N) is 1. The van der Waals surface area contributed by atoms with Crippen molar-refractivity contribution in [1.82, 2.24) is 5.32 Å². The molecule has 0 saturated heterocycles. The van der Waals surface area contributed by atoms with E-state index in [2.05, 4.69) is 29.6 Å². The van der Waals surface area contributed by atoms with Crippen LogP contribution in [0, 0.1) is 0 Å². The van der Waals surface area contributed by atoms with Gasteiger partial charge in [0.25, 0.3) is 0 Å². The first-order valence-corrected chi connectivity index (χ1v) is 6.05. The summed E-state index contributed by atoms with van der Waals surface area (Å²) in [4.78, 5) is 0. The van der Waals surface area contributed by atoms with Crippen LogP contribution in [0.4, 0.5) is 0 Å². The van der Waals surface area contributed by atoms with Crippen molar-refractivity contribution in [3.05, 3.63) is 35.9 Å². The molecule has 0 unspecified atom stereocenters. The van der Waals surface area contributed by atoms with E-state index < -0.39 is 5.60 Å². The number of hydrogen-bond donors (Lipinski definition) is 2. The van der Waals surface area contributed by atoms with Gasteiger partial charge in [-0.25, -0.2) is 0 Å². The van der Waals surface area contributed by atoms with Gasteiger partial charge in [-0.2, -0.15) is 0 Å². The maximum absolute atomic E-state index is 9.49. The van der Waals surface area contributed by atoms with Gasteiger partial charge < -0.3 is 10.4 Å². The lowest BCUT2D eigenvalue weighted by Gasteiger charge is -2.17. The largest absolute Gasteiger partial charge is 0.389 e. The van der Waals surface area contributed by atoms with Gasteiger partial charge in [-0.05, 0) is 45.2 Å². The van der Waals surface area contributed by atoms with Gasteiger partial charge in [0.15, 0.2) is 0 Å². The van der Waals surface area contributed by atoms with Gasteiger partial charge in [-0.3, -0.25) is 0 Å². The van der Waals surface area contributed by atoms with Gasteiger partial charge in [-0.1, -0.05) is 30.3 Å². The number of aliphatic hydroxyl groups is 1. The van der Waals surface area contributed by atoms with Crippen LogP contribution in [0.25, 0.3) is 0 Å². The fourth-order valence-corrected chi connectivity index (χ4v) is 1.62. The monoisotopic (exact) mass is 221 g/mol. The fourth-order valence-electron chi connectivity index (χ4n) is 1.62. The van der Waals surface area contributed by atoms with Crippen LogP contribution >= 0.6 is 0 Å². The highest BCUT2D eigenvalue weighted by Crippen LogP contribution is 2.04. The van der Waals surface area contributed by atoms with E-state index in [0.29, 0.717) is 6.54 Å². The van der Waals surface area contributed by atoms with Crippen LogP contribution in [0.15, 0.2) is 30.3 Å². The number of unbranched alkanes of at least 4 members (excludes halogenated alkanes) is 1. The molecule has 2 heteroatoms. The molecule has 0 heterocycles. The molecule has 0 saturated carbocycles. The highest BCUT2D eigenvalue weighted by atomic mass is 16.3. The van der Waals surface area contributed by atoms with Crippen molar-refractivity contribution in [3.63, 3.8) is 0 Å². The van der Waals surface area contributed by atoms with Crippen LogP contribution in [0.3, 0.4) is 0 Å². The van der Waals surface area contributed by atoms with Crippen molar-refractivity contribution >= 4 is 0 Å². The first kappa shape index (κ1) is 13.2. The summed E-state index contributed by atoms with van der Waals surface area (Å²) in [6.45, 7) is 5.29. The Labute approximate surface area is 98.7 Å². The van der Waals surface area contributed by atoms with E-state index in [4.69, 9.17) is 0 Å². The van der Waals surface area contributed by atoms with Crippen LogP contribution in [0.5, 0.6) is 0 Å². The zero-order valence-electron chi connectivity index (χ0n) is 10.4. The Morgan fingerprint density at radius 2 is 1.81 bits per heavy atom. The molecule has 0 radical (unpaired) electrons. The number of rotatable bonds is 7. The van der Waals surface area contributed by atoms with Gasteiger partial charge in [0, 0.05) is 6.54 Å². The summed E-state index contributed by atoms with van der Waals surface area (Å²) in [5, 5.41) is 12.8. The van der Waals surface area contributed by atoms with Gasteiger partial charge in [0.1, 0.15) is 0 Å². The Balaban J connectivity index is 2.01. The summed E-state index contributed by atoms with van der Waals surface area (Å²) in [5.74, 6) is 0. The molecule has 90 valence electrons. The predicted octanol–water partition coefficient (Wildman–Crippen LogP) is 2.37. The highest BCUT2D eigenvalue weighted by molar-refractivity contribution is 5.14. The summed E-state index contributed by atoms with van der Waals surface area (Å²) < 4.78 is 0. The van der Waals surface area contributed by atoms with Crippen molar-refractivity contribution < 1.29 is 5.11 Å². The van der Waals surface area contributed by atoms with Gasteiger partial charge in [0.2, 0.25) is 0 Å². The lowest BCUT2D eigenvalue weighted by molar-refractivity contribution is 0.0799. The average molecular weight is 221 g/mol. The summed E-state index contributed by atoms with van der Waals surface area (Å²) in [7, 11) is 0. The van der Waals surface area contributed by atoms with Gasteiger partial charge >= 0.3 is 0 Å². The molecule has 16 heavy (non-hydrogen) atoms. The molecule has 1 aromatic carbocycles. The van der Waals surface area contributed by atoms with E-state index in [-0.39, 0.29) is 0 Å². The molecule has 0 aliphatic heterocycles. The molecule has 0 fully saturated rings. The third-order valence-corrected chi connectivity index (χ3v) is 2.47. The molecule has 0 aliphatic carbocycles. The molecule has 1 rings (SSSR count). The minimum Gasteiger partial charge on any atom is -0.389 e. The van der Waals surface area contributed by atoms with Crippen LogP contribution < -0.4 is 5.32 Å². The SMILES string of the molecule is CC(C)(O)CNCCCCc1ccccc1. The van der Waals surface area contributed by atoms with Crippen molar-refractivity contribution in [2.45, 2.75) is 38.7 Å². The molecule has 0 bridgehead atoms. The van der Waals surface area contributed by atoms with Gasteiger partial charge in [0.05, 0.1) is 5.60 Å². The topological polar surface area (TPSA) is 32.3 Å². The lowest BCUT2D eigenvalue weighted by Crippen LogP contribution is -2.35. The minimum absolute atomic E-state index is 0.598. The summed E-state index contributed by atoms with van der Waals surface area (Å²) in [6, 6.07) is 10.6. The molecule has 0 aromatic heterocycles. The maximum atomic E-state index is 9.49.